The molecule has 0 bridgehead atoms. The molecular formula is C26H30N2O3. The quantitative estimate of drug-likeness (QED) is 0.402. The van der Waals surface area contributed by atoms with E-state index in [1.165, 1.54) is 5.56 Å². The van der Waals surface area contributed by atoms with E-state index in [0.29, 0.717) is 6.61 Å². The molecule has 3 aromatic carbocycles. The fraction of sp³-hybridized carbons (Fsp3) is 0.269. The largest absolute Gasteiger partial charge is 0.494 e. The standard InChI is InChI=1S/C26H30N2O3/c1-20(2)31-24-15-13-22(14-16-24)28-26(29)19-27-23-11-6-12-25(18-23)30-17-7-10-21-8-4-3-5-9-21/h3-6,8-9,11-16,18,20,27H,7,10,17,19H2,1-2H3,(H,28,29). The van der Waals surface area contributed by atoms with Crippen molar-refractivity contribution in [2.75, 3.05) is 23.8 Å². The zero-order valence-corrected chi connectivity index (χ0v) is 18.1. The highest BCUT2D eigenvalue weighted by atomic mass is 16.5. The molecule has 0 aliphatic carbocycles. The Balaban J connectivity index is 1.40. The van der Waals surface area contributed by atoms with Gasteiger partial charge in [-0.05, 0) is 68.7 Å². The summed E-state index contributed by atoms with van der Waals surface area (Å²) in [5.41, 5.74) is 2.89. The maximum absolute atomic E-state index is 12.2. The van der Waals surface area contributed by atoms with Crippen molar-refractivity contribution in [3.63, 3.8) is 0 Å². The van der Waals surface area contributed by atoms with Gasteiger partial charge in [0, 0.05) is 17.4 Å². The lowest BCUT2D eigenvalue weighted by Crippen LogP contribution is -2.21. The Morgan fingerprint density at radius 2 is 1.65 bits per heavy atom. The Morgan fingerprint density at radius 3 is 2.39 bits per heavy atom. The first-order valence-electron chi connectivity index (χ1n) is 10.7. The lowest BCUT2D eigenvalue weighted by atomic mass is 10.1. The van der Waals surface area contributed by atoms with E-state index in [1.54, 1.807) is 0 Å². The number of amides is 1. The second-order valence-corrected chi connectivity index (χ2v) is 7.56. The molecule has 0 radical (unpaired) electrons. The Bertz CT molecular complexity index is 940. The number of anilines is 2. The van der Waals surface area contributed by atoms with Crippen molar-refractivity contribution in [2.45, 2.75) is 32.8 Å². The molecule has 0 aliphatic heterocycles. The molecule has 5 nitrogen and oxygen atoms in total. The summed E-state index contributed by atoms with van der Waals surface area (Å²) in [6, 6.07) is 25.4. The van der Waals surface area contributed by atoms with Crippen LogP contribution in [0, 0.1) is 0 Å². The van der Waals surface area contributed by atoms with Crippen LogP contribution in [0.25, 0.3) is 0 Å². The Morgan fingerprint density at radius 1 is 0.871 bits per heavy atom. The fourth-order valence-corrected chi connectivity index (χ4v) is 3.08. The van der Waals surface area contributed by atoms with Crippen molar-refractivity contribution in [2.24, 2.45) is 0 Å². The third-order valence-electron chi connectivity index (χ3n) is 4.52. The predicted molar refractivity (Wildman–Crippen MR) is 126 cm³/mol. The summed E-state index contributed by atoms with van der Waals surface area (Å²) in [5, 5.41) is 6.02. The number of hydrogen-bond donors (Lipinski definition) is 2. The number of ether oxygens (including phenoxy) is 2. The van der Waals surface area contributed by atoms with Gasteiger partial charge < -0.3 is 20.1 Å². The fourth-order valence-electron chi connectivity index (χ4n) is 3.08. The van der Waals surface area contributed by atoms with Gasteiger partial charge in [-0.2, -0.15) is 0 Å². The minimum atomic E-state index is -0.119. The Hall–Kier alpha value is -3.47. The minimum Gasteiger partial charge on any atom is -0.494 e. The molecule has 0 aliphatic rings. The van der Waals surface area contributed by atoms with Crippen molar-refractivity contribution in [1.82, 2.24) is 0 Å². The molecule has 3 rings (SSSR count). The number of rotatable bonds is 11. The molecule has 0 spiro atoms. The van der Waals surface area contributed by atoms with E-state index >= 15 is 0 Å². The molecule has 0 saturated carbocycles. The molecule has 5 heteroatoms. The van der Waals surface area contributed by atoms with Gasteiger partial charge in [0.15, 0.2) is 0 Å². The minimum absolute atomic E-state index is 0.119. The summed E-state index contributed by atoms with van der Waals surface area (Å²) in [5.74, 6) is 1.46. The van der Waals surface area contributed by atoms with Gasteiger partial charge in [0.05, 0.1) is 19.3 Å². The van der Waals surface area contributed by atoms with Crippen LogP contribution >= 0.6 is 0 Å². The summed E-state index contributed by atoms with van der Waals surface area (Å²) in [7, 11) is 0. The lowest BCUT2D eigenvalue weighted by molar-refractivity contribution is -0.114. The van der Waals surface area contributed by atoms with Gasteiger partial charge in [-0.25, -0.2) is 0 Å². The van der Waals surface area contributed by atoms with Crippen LogP contribution in [0.1, 0.15) is 25.8 Å². The highest BCUT2D eigenvalue weighted by molar-refractivity contribution is 5.93. The highest BCUT2D eigenvalue weighted by Crippen LogP contribution is 2.19. The second-order valence-electron chi connectivity index (χ2n) is 7.56. The third kappa shape index (κ3) is 8.05. The van der Waals surface area contributed by atoms with Crippen molar-refractivity contribution in [1.29, 1.82) is 0 Å². The van der Waals surface area contributed by atoms with Crippen LogP contribution in [0.4, 0.5) is 11.4 Å². The van der Waals surface area contributed by atoms with Crippen LogP contribution in [-0.2, 0) is 11.2 Å². The number of carbonyl (C=O) groups excluding carboxylic acids is 1. The molecule has 3 aromatic rings. The summed E-state index contributed by atoms with van der Waals surface area (Å²) in [6.07, 6.45) is 2.06. The summed E-state index contributed by atoms with van der Waals surface area (Å²) < 4.78 is 11.5. The molecule has 1 amide bonds. The second kappa shape index (κ2) is 11.6. The van der Waals surface area contributed by atoms with E-state index in [2.05, 4.69) is 34.9 Å². The first-order valence-corrected chi connectivity index (χ1v) is 10.7. The number of carbonyl (C=O) groups is 1. The molecule has 162 valence electrons. The van der Waals surface area contributed by atoms with Crippen molar-refractivity contribution < 1.29 is 14.3 Å². The van der Waals surface area contributed by atoms with Crippen molar-refractivity contribution >= 4 is 17.3 Å². The number of nitrogens with one attached hydrogen (secondary N) is 2. The zero-order chi connectivity index (χ0) is 21.9. The SMILES string of the molecule is CC(C)Oc1ccc(NC(=O)CNc2cccc(OCCCc3ccccc3)c2)cc1. The van der Waals surface area contributed by atoms with E-state index in [-0.39, 0.29) is 18.6 Å². The smallest absolute Gasteiger partial charge is 0.243 e. The van der Waals surface area contributed by atoms with Crippen LogP contribution < -0.4 is 20.1 Å². The van der Waals surface area contributed by atoms with Crippen molar-refractivity contribution in [3.05, 3.63) is 84.4 Å². The van der Waals surface area contributed by atoms with Gasteiger partial charge >= 0.3 is 0 Å². The summed E-state index contributed by atoms with van der Waals surface area (Å²) >= 11 is 0. The molecule has 0 unspecified atom stereocenters. The first-order chi connectivity index (χ1) is 15.1. The average molecular weight is 419 g/mol. The zero-order valence-electron chi connectivity index (χ0n) is 18.1. The molecule has 2 N–H and O–H groups in total. The van der Waals surface area contributed by atoms with Gasteiger partial charge in [-0.1, -0.05) is 36.4 Å². The maximum Gasteiger partial charge on any atom is 0.243 e. The van der Waals surface area contributed by atoms with E-state index < -0.39 is 0 Å². The monoisotopic (exact) mass is 418 g/mol. The first kappa shape index (κ1) is 22.2. The van der Waals surface area contributed by atoms with E-state index in [4.69, 9.17) is 9.47 Å². The lowest BCUT2D eigenvalue weighted by Gasteiger charge is -2.12. The normalized spacial score (nSPS) is 10.5. The highest BCUT2D eigenvalue weighted by Gasteiger charge is 2.04. The van der Waals surface area contributed by atoms with E-state index in [1.807, 2.05) is 68.4 Å². The summed E-state index contributed by atoms with van der Waals surface area (Å²) in [4.78, 5) is 12.2. The van der Waals surface area contributed by atoms with E-state index in [0.717, 1.165) is 35.7 Å². The molecule has 0 saturated heterocycles. The molecule has 0 aromatic heterocycles. The van der Waals surface area contributed by atoms with Gasteiger partial charge in [0.1, 0.15) is 11.5 Å². The Labute approximate surface area is 184 Å². The number of hydrogen-bond acceptors (Lipinski definition) is 4. The Kier molecular flexibility index (Phi) is 8.35. The number of aryl methyl sites for hydroxylation is 1. The third-order valence-corrected chi connectivity index (χ3v) is 4.52. The molecule has 31 heavy (non-hydrogen) atoms. The van der Waals surface area contributed by atoms with Crippen LogP contribution in [0.2, 0.25) is 0 Å². The number of benzene rings is 3. The van der Waals surface area contributed by atoms with Crippen LogP contribution in [0.5, 0.6) is 11.5 Å². The van der Waals surface area contributed by atoms with Gasteiger partial charge in [-0.15, -0.1) is 0 Å². The molecule has 0 heterocycles. The van der Waals surface area contributed by atoms with Gasteiger partial charge in [0.25, 0.3) is 0 Å². The molecule has 0 atom stereocenters. The van der Waals surface area contributed by atoms with Gasteiger partial charge in [-0.3, -0.25) is 4.79 Å². The van der Waals surface area contributed by atoms with E-state index in [9.17, 15) is 4.79 Å². The van der Waals surface area contributed by atoms with Crippen LogP contribution in [0.3, 0.4) is 0 Å². The molecular weight excluding hydrogens is 388 g/mol. The molecule has 0 fully saturated rings. The average Bonchev–Trinajstić information content (AvgIpc) is 2.77. The maximum atomic E-state index is 12.2. The topological polar surface area (TPSA) is 59.6 Å². The summed E-state index contributed by atoms with van der Waals surface area (Å²) in [6.45, 7) is 4.77. The van der Waals surface area contributed by atoms with Crippen LogP contribution in [-0.4, -0.2) is 25.2 Å². The predicted octanol–water partition coefficient (Wildman–Crippen LogP) is 5.54. The van der Waals surface area contributed by atoms with Crippen LogP contribution in [0.15, 0.2) is 78.9 Å². The van der Waals surface area contributed by atoms with Gasteiger partial charge in [0.2, 0.25) is 5.91 Å². The van der Waals surface area contributed by atoms with Crippen molar-refractivity contribution in [3.8, 4) is 11.5 Å².